The van der Waals surface area contributed by atoms with Crippen LogP contribution >= 0.6 is 27.5 Å². The molecule has 6 heteroatoms. The molecule has 1 aromatic heterocycles. The van der Waals surface area contributed by atoms with Gasteiger partial charge in [0.15, 0.2) is 0 Å². The lowest BCUT2D eigenvalue weighted by Gasteiger charge is -2.08. The number of aromatic nitrogens is 1. The van der Waals surface area contributed by atoms with Gasteiger partial charge in [0.1, 0.15) is 0 Å². The van der Waals surface area contributed by atoms with E-state index in [1.54, 1.807) is 0 Å². The summed E-state index contributed by atoms with van der Waals surface area (Å²) in [5.41, 5.74) is 0.470. The van der Waals surface area contributed by atoms with E-state index < -0.39 is 6.43 Å². The van der Waals surface area contributed by atoms with Crippen LogP contribution in [0.25, 0.3) is 0 Å². The standard InChI is InChI=1S/C9H6BrClF2N2/c10-8-6(9(12)13)3-5(1-2-14)15-7(8)4-11/h3,9H,1,4H2. The largest absolute Gasteiger partial charge is 0.265 e. The summed E-state index contributed by atoms with van der Waals surface area (Å²) in [6, 6.07) is 3.07. The highest BCUT2D eigenvalue weighted by atomic mass is 79.9. The first-order valence-corrected chi connectivity index (χ1v) is 5.32. The quantitative estimate of drug-likeness (QED) is 0.799. The molecule has 0 saturated carbocycles. The first kappa shape index (κ1) is 12.3. The topological polar surface area (TPSA) is 36.7 Å². The third-order valence-corrected chi connectivity index (χ3v) is 2.90. The van der Waals surface area contributed by atoms with E-state index in [0.717, 1.165) is 0 Å². The Kier molecular flexibility index (Phi) is 4.43. The molecule has 15 heavy (non-hydrogen) atoms. The van der Waals surface area contributed by atoms with Crippen molar-refractivity contribution < 1.29 is 8.78 Å². The molecule has 0 aliphatic rings. The predicted molar refractivity (Wildman–Crippen MR) is 55.8 cm³/mol. The van der Waals surface area contributed by atoms with Gasteiger partial charge in [0, 0.05) is 10.0 Å². The molecule has 0 bridgehead atoms. The summed E-state index contributed by atoms with van der Waals surface area (Å²) in [4.78, 5) is 3.99. The molecule has 0 aromatic carbocycles. The molecule has 0 aliphatic carbocycles. The van der Waals surface area contributed by atoms with Crippen molar-refractivity contribution in [2.45, 2.75) is 18.7 Å². The van der Waals surface area contributed by atoms with Crippen molar-refractivity contribution in [3.63, 3.8) is 0 Å². The fourth-order valence-electron chi connectivity index (χ4n) is 1.08. The van der Waals surface area contributed by atoms with Crippen molar-refractivity contribution in [1.29, 1.82) is 5.26 Å². The van der Waals surface area contributed by atoms with Crippen molar-refractivity contribution in [3.05, 3.63) is 27.5 Å². The molecule has 0 spiro atoms. The zero-order valence-corrected chi connectivity index (χ0v) is 9.82. The molecule has 2 nitrogen and oxygen atoms in total. The van der Waals surface area contributed by atoms with E-state index in [9.17, 15) is 8.78 Å². The molecule has 1 aromatic rings. The van der Waals surface area contributed by atoms with Crippen LogP contribution < -0.4 is 0 Å². The monoisotopic (exact) mass is 294 g/mol. The first-order valence-electron chi connectivity index (χ1n) is 3.99. The van der Waals surface area contributed by atoms with Crippen LogP contribution in [0, 0.1) is 11.3 Å². The van der Waals surface area contributed by atoms with Gasteiger partial charge >= 0.3 is 0 Å². The van der Waals surface area contributed by atoms with Crippen molar-refractivity contribution in [2.75, 3.05) is 0 Å². The lowest BCUT2D eigenvalue weighted by Crippen LogP contribution is -2.00. The third kappa shape index (κ3) is 2.86. The van der Waals surface area contributed by atoms with Gasteiger partial charge in [-0.15, -0.1) is 11.6 Å². The summed E-state index contributed by atoms with van der Waals surface area (Å²) >= 11 is 8.58. The minimum absolute atomic E-state index is 0.00309. The predicted octanol–water partition coefficient (Wildman–Crippen LogP) is 3.59. The van der Waals surface area contributed by atoms with E-state index >= 15 is 0 Å². The Hall–Kier alpha value is -0.730. The molecule has 0 aliphatic heterocycles. The lowest BCUT2D eigenvalue weighted by molar-refractivity contribution is 0.150. The summed E-state index contributed by atoms with van der Waals surface area (Å²) in [6.07, 6.45) is -2.61. The Labute approximate surface area is 99.0 Å². The van der Waals surface area contributed by atoms with Crippen LogP contribution in [0.2, 0.25) is 0 Å². The molecular formula is C9H6BrClF2N2. The van der Waals surface area contributed by atoms with Crippen LogP contribution in [0.15, 0.2) is 10.5 Å². The third-order valence-electron chi connectivity index (χ3n) is 1.73. The second-order valence-electron chi connectivity index (χ2n) is 2.73. The van der Waals surface area contributed by atoms with Crippen molar-refractivity contribution in [1.82, 2.24) is 4.98 Å². The summed E-state index contributed by atoms with van der Waals surface area (Å²) in [7, 11) is 0. The molecular weight excluding hydrogens is 289 g/mol. The summed E-state index contributed by atoms with van der Waals surface area (Å²) in [6.45, 7) is 0. The first-order chi connectivity index (χ1) is 7.10. The number of nitriles is 1. The zero-order valence-electron chi connectivity index (χ0n) is 7.48. The molecule has 0 unspecified atom stereocenters. The zero-order chi connectivity index (χ0) is 11.4. The van der Waals surface area contributed by atoms with E-state index in [0.29, 0.717) is 11.4 Å². The minimum atomic E-state index is -2.61. The molecule has 80 valence electrons. The van der Waals surface area contributed by atoms with Crippen LogP contribution in [-0.2, 0) is 12.3 Å². The Bertz CT molecular complexity index is 404. The molecule has 1 heterocycles. The maximum Gasteiger partial charge on any atom is 0.265 e. The number of pyridine rings is 1. The number of rotatable bonds is 3. The summed E-state index contributed by atoms with van der Waals surface area (Å²) < 4.78 is 25.4. The number of hydrogen-bond donors (Lipinski definition) is 0. The molecule has 0 radical (unpaired) electrons. The Balaban J connectivity index is 3.26. The minimum Gasteiger partial charge on any atom is -0.254 e. The van der Waals surface area contributed by atoms with Crippen molar-refractivity contribution in [3.8, 4) is 6.07 Å². The van der Waals surface area contributed by atoms with Gasteiger partial charge in [0.25, 0.3) is 6.43 Å². The molecule has 0 saturated heterocycles. The van der Waals surface area contributed by atoms with Crippen LogP contribution in [-0.4, -0.2) is 4.98 Å². The number of halogens is 4. The average molecular weight is 296 g/mol. The van der Waals surface area contributed by atoms with E-state index in [1.165, 1.54) is 6.07 Å². The highest BCUT2D eigenvalue weighted by molar-refractivity contribution is 9.10. The molecule has 1 rings (SSSR count). The maximum absolute atomic E-state index is 12.6. The Morgan fingerprint density at radius 1 is 1.60 bits per heavy atom. The molecule has 0 atom stereocenters. The SMILES string of the molecule is N#CCc1cc(C(F)F)c(Br)c(CCl)n1. The van der Waals surface area contributed by atoms with Gasteiger partial charge in [-0.3, -0.25) is 4.98 Å². The summed E-state index contributed by atoms with van der Waals surface area (Å²) in [5, 5.41) is 8.46. The van der Waals surface area contributed by atoms with Crippen LogP contribution in [0.4, 0.5) is 8.78 Å². The summed E-state index contributed by atoms with van der Waals surface area (Å²) in [5.74, 6) is 0.0274. The van der Waals surface area contributed by atoms with Crippen molar-refractivity contribution in [2.24, 2.45) is 0 Å². The van der Waals surface area contributed by atoms with Gasteiger partial charge in [0.2, 0.25) is 0 Å². The van der Waals surface area contributed by atoms with E-state index in [2.05, 4.69) is 20.9 Å². The van der Waals surface area contributed by atoms with Gasteiger partial charge in [-0.25, -0.2) is 8.78 Å². The number of alkyl halides is 3. The van der Waals surface area contributed by atoms with E-state index in [-0.39, 0.29) is 22.3 Å². The van der Waals surface area contributed by atoms with E-state index in [4.69, 9.17) is 16.9 Å². The van der Waals surface area contributed by atoms with Gasteiger partial charge in [-0.1, -0.05) is 0 Å². The Morgan fingerprint density at radius 3 is 2.73 bits per heavy atom. The smallest absolute Gasteiger partial charge is 0.254 e. The fourth-order valence-corrected chi connectivity index (χ4v) is 1.95. The molecule has 0 fully saturated rings. The van der Waals surface area contributed by atoms with Crippen LogP contribution in [0.1, 0.15) is 23.4 Å². The second-order valence-corrected chi connectivity index (χ2v) is 3.79. The van der Waals surface area contributed by atoms with Crippen LogP contribution in [0.3, 0.4) is 0 Å². The van der Waals surface area contributed by atoms with E-state index in [1.807, 2.05) is 6.07 Å². The number of nitrogens with zero attached hydrogens (tertiary/aromatic N) is 2. The van der Waals surface area contributed by atoms with Gasteiger partial charge in [0.05, 0.1) is 29.8 Å². The molecule has 0 N–H and O–H groups in total. The van der Waals surface area contributed by atoms with Gasteiger partial charge in [-0.05, 0) is 22.0 Å². The normalized spacial score (nSPS) is 10.4. The highest BCUT2D eigenvalue weighted by Crippen LogP contribution is 2.30. The fraction of sp³-hybridized carbons (Fsp3) is 0.333. The molecule has 0 amide bonds. The lowest BCUT2D eigenvalue weighted by atomic mass is 10.1. The number of hydrogen-bond acceptors (Lipinski definition) is 2. The van der Waals surface area contributed by atoms with Gasteiger partial charge < -0.3 is 0 Å². The van der Waals surface area contributed by atoms with Crippen LogP contribution in [0.5, 0.6) is 0 Å². The van der Waals surface area contributed by atoms with Gasteiger partial charge in [-0.2, -0.15) is 5.26 Å². The average Bonchev–Trinajstić information content (AvgIpc) is 2.20. The highest BCUT2D eigenvalue weighted by Gasteiger charge is 2.16. The Morgan fingerprint density at radius 2 is 2.27 bits per heavy atom. The van der Waals surface area contributed by atoms with Crippen molar-refractivity contribution >= 4 is 27.5 Å². The second kappa shape index (κ2) is 5.38. The maximum atomic E-state index is 12.6.